The predicted octanol–water partition coefficient (Wildman–Crippen LogP) is 19.3. The van der Waals surface area contributed by atoms with Gasteiger partial charge < -0.3 is 14.2 Å². The largest absolute Gasteiger partial charge is 0.462 e. The molecule has 0 saturated heterocycles. The summed E-state index contributed by atoms with van der Waals surface area (Å²) < 4.78 is 16.8. The first-order chi connectivity index (χ1) is 34.0. The molecule has 0 saturated carbocycles. The molecule has 1 atom stereocenters. The Morgan fingerprint density at radius 3 is 0.899 bits per heavy atom. The molecule has 69 heavy (non-hydrogen) atoms. The maximum absolute atomic E-state index is 12.8. The SMILES string of the molecule is CC/C=C\C/C=C\C/C=C\C/C=C\C/C=C\CCCCCC(=O)OC(COC(=O)CCCCCCCC/C=C\C/C=C\C/C=C\CCCCCCC)COC(=O)CCCCCCCCCCCCC. The molecule has 0 fully saturated rings. The molecule has 0 aliphatic rings. The monoisotopic (exact) mass is 959 g/mol. The Kier molecular flexibility index (Phi) is 53.9. The van der Waals surface area contributed by atoms with Crippen molar-refractivity contribution < 1.29 is 28.6 Å². The Balaban J connectivity index is 4.43. The quantitative estimate of drug-likeness (QED) is 0.0262. The van der Waals surface area contributed by atoms with Crippen molar-refractivity contribution >= 4 is 17.9 Å². The van der Waals surface area contributed by atoms with Gasteiger partial charge in [0.1, 0.15) is 13.2 Å². The highest BCUT2D eigenvalue weighted by Crippen LogP contribution is 2.14. The van der Waals surface area contributed by atoms with Crippen molar-refractivity contribution in [2.45, 2.75) is 271 Å². The topological polar surface area (TPSA) is 78.9 Å². The molecule has 6 heteroatoms. The van der Waals surface area contributed by atoms with Crippen molar-refractivity contribution in [1.29, 1.82) is 0 Å². The number of rotatable bonds is 51. The van der Waals surface area contributed by atoms with Gasteiger partial charge in [0.15, 0.2) is 6.10 Å². The second-order valence-corrected chi connectivity index (χ2v) is 18.8. The molecule has 0 aromatic carbocycles. The molecule has 0 aromatic rings. The summed E-state index contributed by atoms with van der Waals surface area (Å²) in [6.45, 7) is 6.47. The van der Waals surface area contributed by atoms with Gasteiger partial charge in [-0.3, -0.25) is 14.4 Å². The van der Waals surface area contributed by atoms with Gasteiger partial charge in [-0.15, -0.1) is 0 Å². The van der Waals surface area contributed by atoms with Crippen LogP contribution in [0, 0.1) is 0 Å². The summed E-state index contributed by atoms with van der Waals surface area (Å²) in [6, 6.07) is 0. The molecule has 0 aliphatic carbocycles. The molecule has 0 aliphatic heterocycles. The maximum atomic E-state index is 12.8. The van der Waals surface area contributed by atoms with E-state index in [1.165, 1.54) is 109 Å². The van der Waals surface area contributed by atoms with Crippen LogP contribution in [0.4, 0.5) is 0 Å². The van der Waals surface area contributed by atoms with E-state index in [9.17, 15) is 14.4 Å². The van der Waals surface area contributed by atoms with Crippen LogP contribution in [0.5, 0.6) is 0 Å². The highest BCUT2D eigenvalue weighted by Gasteiger charge is 2.19. The fourth-order valence-electron chi connectivity index (χ4n) is 7.77. The fourth-order valence-corrected chi connectivity index (χ4v) is 7.77. The highest BCUT2D eigenvalue weighted by atomic mass is 16.6. The van der Waals surface area contributed by atoms with E-state index < -0.39 is 6.10 Å². The minimum Gasteiger partial charge on any atom is -0.462 e. The van der Waals surface area contributed by atoms with Crippen LogP contribution >= 0.6 is 0 Å². The van der Waals surface area contributed by atoms with Crippen molar-refractivity contribution in [2.75, 3.05) is 13.2 Å². The Morgan fingerprint density at radius 1 is 0.304 bits per heavy atom. The Hall–Kier alpha value is -3.67. The summed E-state index contributed by atoms with van der Waals surface area (Å²) in [5.41, 5.74) is 0. The lowest BCUT2D eigenvalue weighted by atomic mass is 10.1. The molecule has 0 aromatic heterocycles. The number of carbonyl (C=O) groups is 3. The molecule has 1 unspecified atom stereocenters. The molecule has 0 N–H and O–H groups in total. The average molecular weight is 960 g/mol. The molecule has 0 heterocycles. The Bertz CT molecular complexity index is 1380. The average Bonchev–Trinajstić information content (AvgIpc) is 3.35. The van der Waals surface area contributed by atoms with Crippen LogP contribution in [0.15, 0.2) is 97.2 Å². The number of hydrogen-bond donors (Lipinski definition) is 0. The molecule has 0 rings (SSSR count). The van der Waals surface area contributed by atoms with E-state index in [2.05, 4.69) is 118 Å². The zero-order chi connectivity index (χ0) is 50.0. The molecule has 0 amide bonds. The molecule has 0 radical (unpaired) electrons. The van der Waals surface area contributed by atoms with Gasteiger partial charge in [0.25, 0.3) is 0 Å². The van der Waals surface area contributed by atoms with Gasteiger partial charge >= 0.3 is 17.9 Å². The van der Waals surface area contributed by atoms with Gasteiger partial charge in [0.2, 0.25) is 0 Å². The van der Waals surface area contributed by atoms with Crippen LogP contribution in [0.1, 0.15) is 265 Å². The van der Waals surface area contributed by atoms with Crippen molar-refractivity contribution in [2.24, 2.45) is 0 Å². The van der Waals surface area contributed by atoms with Crippen LogP contribution < -0.4 is 0 Å². The lowest BCUT2D eigenvalue weighted by Gasteiger charge is -2.18. The number of ether oxygens (including phenoxy) is 3. The van der Waals surface area contributed by atoms with Gasteiger partial charge in [-0.1, -0.05) is 240 Å². The third kappa shape index (κ3) is 55.1. The first-order valence-electron chi connectivity index (χ1n) is 28.7. The summed E-state index contributed by atoms with van der Waals surface area (Å²) in [6.07, 6.45) is 75.4. The maximum Gasteiger partial charge on any atom is 0.306 e. The molecular formula is C63H106O6. The smallest absolute Gasteiger partial charge is 0.306 e. The number of unbranched alkanes of at least 4 members (excludes halogenated alkanes) is 24. The third-order valence-electron chi connectivity index (χ3n) is 12.1. The van der Waals surface area contributed by atoms with Crippen LogP contribution in [0.3, 0.4) is 0 Å². The third-order valence-corrected chi connectivity index (χ3v) is 12.1. The van der Waals surface area contributed by atoms with E-state index in [0.717, 1.165) is 116 Å². The number of carbonyl (C=O) groups excluding carboxylic acids is 3. The zero-order valence-corrected chi connectivity index (χ0v) is 45.0. The summed E-state index contributed by atoms with van der Waals surface area (Å²) in [4.78, 5) is 38.1. The van der Waals surface area contributed by atoms with Gasteiger partial charge in [0.05, 0.1) is 0 Å². The second kappa shape index (κ2) is 56.9. The van der Waals surface area contributed by atoms with Crippen LogP contribution in [0.25, 0.3) is 0 Å². The molecule has 394 valence electrons. The Labute approximate surface area is 426 Å². The number of hydrogen-bond acceptors (Lipinski definition) is 6. The molecule has 0 spiro atoms. The summed E-state index contributed by atoms with van der Waals surface area (Å²) >= 11 is 0. The lowest BCUT2D eigenvalue weighted by molar-refractivity contribution is -0.167. The van der Waals surface area contributed by atoms with Gasteiger partial charge in [-0.05, 0) is 103 Å². The Morgan fingerprint density at radius 2 is 0.565 bits per heavy atom. The first kappa shape index (κ1) is 65.3. The molecule has 0 bridgehead atoms. The van der Waals surface area contributed by atoms with Crippen LogP contribution in [0.2, 0.25) is 0 Å². The minimum atomic E-state index is -0.800. The highest BCUT2D eigenvalue weighted by molar-refractivity contribution is 5.71. The minimum absolute atomic E-state index is 0.0944. The fraction of sp³-hybridized carbons (Fsp3) is 0.698. The van der Waals surface area contributed by atoms with E-state index >= 15 is 0 Å². The molecular weight excluding hydrogens is 853 g/mol. The standard InChI is InChI=1S/C63H106O6/c1-4-7-10-13-16-19-22-24-26-28-30-31-33-34-36-38-41-44-47-50-53-56-62(65)68-59-60(58-67-61(64)55-52-49-46-43-40-21-18-15-12-9-6-3)69-63(66)57-54-51-48-45-42-39-37-35-32-29-27-25-23-20-17-14-11-8-5-2/h8,11,17,20,22,24-25,27-28,30,32-35,39,42,60H,4-7,9-10,12-16,18-19,21,23,26,29,31,36-38,40-41,43-59H2,1-3H3/b11-8-,20-17-,24-22-,27-25-,30-28-,34-33-,35-32-,42-39-. The van der Waals surface area contributed by atoms with E-state index in [1.807, 2.05) is 0 Å². The van der Waals surface area contributed by atoms with Gasteiger partial charge in [-0.2, -0.15) is 0 Å². The van der Waals surface area contributed by atoms with Crippen molar-refractivity contribution in [3.8, 4) is 0 Å². The second-order valence-electron chi connectivity index (χ2n) is 18.8. The van der Waals surface area contributed by atoms with Crippen molar-refractivity contribution in [1.82, 2.24) is 0 Å². The van der Waals surface area contributed by atoms with Gasteiger partial charge in [-0.25, -0.2) is 0 Å². The summed E-state index contributed by atoms with van der Waals surface area (Å²) in [5.74, 6) is -0.938. The summed E-state index contributed by atoms with van der Waals surface area (Å²) in [5, 5.41) is 0. The van der Waals surface area contributed by atoms with Crippen LogP contribution in [-0.2, 0) is 28.6 Å². The van der Waals surface area contributed by atoms with E-state index in [0.29, 0.717) is 12.8 Å². The van der Waals surface area contributed by atoms with Crippen LogP contribution in [-0.4, -0.2) is 37.2 Å². The van der Waals surface area contributed by atoms with Crippen molar-refractivity contribution in [3.05, 3.63) is 97.2 Å². The van der Waals surface area contributed by atoms with E-state index in [1.54, 1.807) is 0 Å². The lowest BCUT2D eigenvalue weighted by Crippen LogP contribution is -2.30. The van der Waals surface area contributed by atoms with Crippen molar-refractivity contribution in [3.63, 3.8) is 0 Å². The predicted molar refractivity (Wildman–Crippen MR) is 297 cm³/mol. The first-order valence-corrected chi connectivity index (χ1v) is 28.7. The van der Waals surface area contributed by atoms with E-state index in [-0.39, 0.29) is 37.5 Å². The van der Waals surface area contributed by atoms with E-state index in [4.69, 9.17) is 14.2 Å². The molecule has 6 nitrogen and oxygen atoms in total. The number of esters is 3. The normalized spacial score (nSPS) is 12.8. The number of allylic oxidation sites excluding steroid dienone is 16. The summed E-state index contributed by atoms with van der Waals surface area (Å²) in [7, 11) is 0. The van der Waals surface area contributed by atoms with Gasteiger partial charge in [0, 0.05) is 19.3 Å². The zero-order valence-electron chi connectivity index (χ0n) is 45.0.